The van der Waals surface area contributed by atoms with Crippen molar-refractivity contribution in [1.82, 2.24) is 35.9 Å². The minimum absolute atomic E-state index is 0.0293. The van der Waals surface area contributed by atoms with E-state index in [4.69, 9.17) is 11.5 Å². The first-order chi connectivity index (χ1) is 18.1. The molecule has 4 amide bonds. The summed E-state index contributed by atoms with van der Waals surface area (Å²) in [6.07, 6.45) is 7.64. The summed E-state index contributed by atoms with van der Waals surface area (Å²) in [5, 5.41) is 17.0. The van der Waals surface area contributed by atoms with Crippen molar-refractivity contribution in [2.75, 3.05) is 12.0 Å². The maximum atomic E-state index is 13.3. The molecule has 2 heterocycles. The third kappa shape index (κ3) is 10.2. The van der Waals surface area contributed by atoms with E-state index in [1.807, 2.05) is 6.26 Å². The molecule has 4 atom stereocenters. The topological polar surface area (TPSA) is 251 Å². The fraction of sp³-hybridized carbons (Fsp3) is 0.500. The fourth-order valence-electron chi connectivity index (χ4n) is 3.42. The van der Waals surface area contributed by atoms with Crippen molar-refractivity contribution < 1.29 is 29.1 Å². The van der Waals surface area contributed by atoms with Crippen molar-refractivity contribution in [3.05, 3.63) is 36.4 Å². The third-order valence-corrected chi connectivity index (χ3v) is 6.12. The van der Waals surface area contributed by atoms with Gasteiger partial charge in [0.15, 0.2) is 0 Å². The van der Waals surface area contributed by atoms with E-state index in [1.54, 1.807) is 0 Å². The number of amides is 4. The molecule has 2 aromatic rings. The minimum atomic E-state index is -1.37. The van der Waals surface area contributed by atoms with Gasteiger partial charge in [0.25, 0.3) is 0 Å². The van der Waals surface area contributed by atoms with Gasteiger partial charge in [-0.2, -0.15) is 11.8 Å². The van der Waals surface area contributed by atoms with Gasteiger partial charge in [0.2, 0.25) is 23.6 Å². The van der Waals surface area contributed by atoms with Crippen LogP contribution in [0.2, 0.25) is 0 Å². The normalized spacial score (nSPS) is 14.1. The number of aliphatic carboxylic acids is 1. The SMILES string of the molecule is CSCCC(NC(=O)C(Cc1cnc[nH]1)NC(=O)C(N)Cc1cnc[nH]1)C(=O)NC(CCC(N)=O)C(=O)O. The number of thioether (sulfide) groups is 1. The van der Waals surface area contributed by atoms with Crippen molar-refractivity contribution in [2.45, 2.75) is 56.3 Å². The molecule has 0 aliphatic heterocycles. The number of nitrogens with two attached hydrogens (primary N) is 2. The molecular weight excluding hydrogens is 518 g/mol. The average Bonchev–Trinajstić information content (AvgIpc) is 3.57. The molecule has 2 rings (SSSR count). The highest BCUT2D eigenvalue weighted by molar-refractivity contribution is 7.98. The number of carbonyl (C=O) groups is 5. The molecule has 4 unspecified atom stereocenters. The van der Waals surface area contributed by atoms with Crippen LogP contribution in [0.3, 0.4) is 0 Å². The van der Waals surface area contributed by atoms with Crippen LogP contribution in [-0.2, 0) is 36.8 Å². The number of imidazole rings is 2. The van der Waals surface area contributed by atoms with Crippen molar-refractivity contribution in [1.29, 1.82) is 0 Å². The van der Waals surface area contributed by atoms with Crippen molar-refractivity contribution in [3.63, 3.8) is 0 Å². The van der Waals surface area contributed by atoms with Crippen LogP contribution in [0, 0.1) is 0 Å². The van der Waals surface area contributed by atoms with Gasteiger partial charge >= 0.3 is 5.97 Å². The second kappa shape index (κ2) is 15.4. The summed E-state index contributed by atoms with van der Waals surface area (Å²) in [6, 6.07) is -4.58. The molecule has 0 aliphatic carbocycles. The molecule has 0 saturated carbocycles. The predicted molar refractivity (Wildman–Crippen MR) is 137 cm³/mol. The zero-order valence-corrected chi connectivity index (χ0v) is 21.6. The van der Waals surface area contributed by atoms with E-state index >= 15 is 0 Å². The number of hydrogen-bond donors (Lipinski definition) is 8. The van der Waals surface area contributed by atoms with E-state index < -0.39 is 53.8 Å². The lowest BCUT2D eigenvalue weighted by molar-refractivity contribution is -0.142. The molecule has 38 heavy (non-hydrogen) atoms. The number of aromatic nitrogens is 4. The van der Waals surface area contributed by atoms with E-state index in [9.17, 15) is 29.1 Å². The summed E-state index contributed by atoms with van der Waals surface area (Å²) in [5.41, 5.74) is 12.3. The number of H-pyrrole nitrogens is 2. The lowest BCUT2D eigenvalue weighted by Gasteiger charge is -2.25. The van der Waals surface area contributed by atoms with Gasteiger partial charge in [-0.1, -0.05) is 0 Å². The molecule has 208 valence electrons. The highest BCUT2D eigenvalue weighted by Crippen LogP contribution is 2.07. The van der Waals surface area contributed by atoms with Crippen LogP contribution in [0.5, 0.6) is 0 Å². The summed E-state index contributed by atoms with van der Waals surface area (Å²) < 4.78 is 0. The second-order valence-electron chi connectivity index (χ2n) is 8.48. The van der Waals surface area contributed by atoms with Gasteiger partial charge in [-0.3, -0.25) is 19.2 Å². The van der Waals surface area contributed by atoms with Crippen LogP contribution in [0.25, 0.3) is 0 Å². The van der Waals surface area contributed by atoms with Crippen LogP contribution in [-0.4, -0.2) is 90.8 Å². The van der Waals surface area contributed by atoms with Crippen molar-refractivity contribution in [3.8, 4) is 0 Å². The van der Waals surface area contributed by atoms with Gasteiger partial charge in [-0.25, -0.2) is 14.8 Å². The lowest BCUT2D eigenvalue weighted by Crippen LogP contribution is -2.58. The average molecular weight is 552 g/mol. The number of nitrogens with zero attached hydrogens (tertiary/aromatic N) is 2. The minimum Gasteiger partial charge on any atom is -0.480 e. The molecule has 2 aromatic heterocycles. The number of aromatic amines is 2. The number of carboxylic acids is 1. The zero-order valence-electron chi connectivity index (χ0n) is 20.8. The molecule has 10 N–H and O–H groups in total. The molecule has 0 saturated heterocycles. The standard InChI is InChI=1S/C22H33N9O6S/c1-38-5-4-15(20(34)30-16(22(36)37)2-3-18(24)32)29-21(35)17(7-13-9-26-11-28-13)31-19(33)14(23)6-12-8-25-10-27-12/h8-11,14-17H,2-7,23H2,1H3,(H2,24,32)(H,25,27)(H,26,28)(H,29,35)(H,30,34)(H,31,33)(H,36,37). The number of carboxylic acid groups (broad SMARTS) is 1. The van der Waals surface area contributed by atoms with Gasteiger partial charge < -0.3 is 42.5 Å². The van der Waals surface area contributed by atoms with E-state index in [1.165, 1.54) is 36.8 Å². The Morgan fingerprint density at radius 3 is 1.97 bits per heavy atom. The zero-order chi connectivity index (χ0) is 28.1. The summed E-state index contributed by atoms with van der Waals surface area (Å²) in [7, 11) is 0. The molecule has 0 radical (unpaired) electrons. The van der Waals surface area contributed by atoms with Crippen LogP contribution in [0.4, 0.5) is 0 Å². The number of carbonyl (C=O) groups excluding carboxylic acids is 4. The Labute approximate surface area is 222 Å². The highest BCUT2D eigenvalue weighted by Gasteiger charge is 2.30. The molecular formula is C22H33N9O6S. The molecule has 0 bridgehead atoms. The molecule has 0 aliphatic rings. The van der Waals surface area contributed by atoms with Gasteiger partial charge in [-0.05, 0) is 24.9 Å². The summed E-state index contributed by atoms with van der Waals surface area (Å²) in [6.45, 7) is 0. The Hall–Kier alpha value is -3.92. The molecule has 16 heteroatoms. The van der Waals surface area contributed by atoms with E-state index in [0.717, 1.165) is 0 Å². The lowest BCUT2D eigenvalue weighted by atomic mass is 10.1. The Morgan fingerprint density at radius 1 is 0.895 bits per heavy atom. The Bertz CT molecular complexity index is 1060. The van der Waals surface area contributed by atoms with Crippen molar-refractivity contribution >= 4 is 41.4 Å². The van der Waals surface area contributed by atoms with E-state index in [0.29, 0.717) is 17.1 Å². The molecule has 0 aromatic carbocycles. The highest BCUT2D eigenvalue weighted by atomic mass is 32.2. The largest absolute Gasteiger partial charge is 0.480 e. The number of hydrogen-bond acceptors (Lipinski definition) is 9. The Morgan fingerprint density at radius 2 is 1.45 bits per heavy atom. The van der Waals surface area contributed by atoms with Gasteiger partial charge in [0.05, 0.1) is 18.7 Å². The summed E-state index contributed by atoms with van der Waals surface area (Å²) >= 11 is 1.43. The smallest absolute Gasteiger partial charge is 0.326 e. The van der Waals surface area contributed by atoms with Crippen LogP contribution in [0.1, 0.15) is 30.7 Å². The van der Waals surface area contributed by atoms with E-state index in [2.05, 4.69) is 35.9 Å². The Kier molecular flexibility index (Phi) is 12.2. The monoisotopic (exact) mass is 551 g/mol. The second-order valence-corrected chi connectivity index (χ2v) is 9.46. The van der Waals surface area contributed by atoms with Gasteiger partial charge in [0.1, 0.15) is 18.1 Å². The first-order valence-electron chi connectivity index (χ1n) is 11.7. The maximum absolute atomic E-state index is 13.3. The maximum Gasteiger partial charge on any atom is 0.326 e. The number of rotatable bonds is 17. The van der Waals surface area contributed by atoms with Crippen LogP contribution in [0.15, 0.2) is 25.0 Å². The first-order valence-corrected chi connectivity index (χ1v) is 13.1. The van der Waals surface area contributed by atoms with Crippen LogP contribution < -0.4 is 27.4 Å². The quantitative estimate of drug-likeness (QED) is 0.105. The predicted octanol–water partition coefficient (Wildman–Crippen LogP) is -2.20. The number of nitrogens with one attached hydrogen (secondary N) is 5. The first kappa shape index (κ1) is 30.3. The van der Waals surface area contributed by atoms with Gasteiger partial charge in [-0.15, -0.1) is 0 Å². The molecule has 0 fully saturated rings. The summed E-state index contributed by atoms with van der Waals surface area (Å²) in [4.78, 5) is 75.1. The fourth-order valence-corrected chi connectivity index (χ4v) is 3.89. The van der Waals surface area contributed by atoms with Gasteiger partial charge in [0, 0.05) is 43.0 Å². The number of primary amides is 1. The molecule has 0 spiro atoms. The Balaban J connectivity index is 2.14. The third-order valence-electron chi connectivity index (χ3n) is 5.48. The van der Waals surface area contributed by atoms with Crippen molar-refractivity contribution in [2.24, 2.45) is 11.5 Å². The van der Waals surface area contributed by atoms with Crippen LogP contribution >= 0.6 is 11.8 Å². The van der Waals surface area contributed by atoms with E-state index in [-0.39, 0.29) is 32.1 Å². The molecule has 15 nitrogen and oxygen atoms in total. The summed E-state index contributed by atoms with van der Waals surface area (Å²) in [5.74, 6) is -3.59.